The lowest BCUT2D eigenvalue weighted by molar-refractivity contribution is 0.0473. The minimum absolute atomic E-state index is 0.0866. The SMILES string of the molecule is COc1ccc(C2CCOCC2)c2sc(NC(=O)N3C[C@@H]4C[C@H]3CO4)nc12. The summed E-state index contributed by atoms with van der Waals surface area (Å²) >= 11 is 1.53. The van der Waals surface area contributed by atoms with E-state index in [0.29, 0.717) is 24.2 Å². The molecule has 7 nitrogen and oxygen atoms in total. The molecule has 0 aliphatic carbocycles. The van der Waals surface area contributed by atoms with Crippen molar-refractivity contribution in [2.45, 2.75) is 37.3 Å². The van der Waals surface area contributed by atoms with Crippen LogP contribution >= 0.6 is 11.3 Å². The minimum atomic E-state index is -0.0866. The van der Waals surface area contributed by atoms with Gasteiger partial charge in [-0.3, -0.25) is 5.32 Å². The van der Waals surface area contributed by atoms with Gasteiger partial charge in [-0.1, -0.05) is 17.4 Å². The Kier molecular flexibility index (Phi) is 4.41. The number of thiazole rings is 1. The number of ether oxygens (including phenoxy) is 3. The lowest BCUT2D eigenvalue weighted by atomic mass is 9.91. The van der Waals surface area contributed by atoms with Gasteiger partial charge in [0.25, 0.3) is 0 Å². The molecule has 1 N–H and O–H groups in total. The number of anilines is 1. The Labute approximate surface area is 161 Å². The van der Waals surface area contributed by atoms with Gasteiger partial charge in [-0.2, -0.15) is 0 Å². The molecule has 144 valence electrons. The van der Waals surface area contributed by atoms with Gasteiger partial charge in [0, 0.05) is 19.8 Å². The molecule has 1 aromatic carbocycles. The fourth-order valence-electron chi connectivity index (χ4n) is 4.36. The van der Waals surface area contributed by atoms with Crippen molar-refractivity contribution >= 4 is 32.7 Å². The standard InChI is InChI=1S/C19H23N3O4S/c1-24-15-3-2-14(11-4-6-25-7-5-11)17-16(15)20-18(27-17)21-19(23)22-9-13-8-12(22)10-26-13/h2-3,11-13H,4-10H2,1H3,(H,20,21,23)/t12-,13-/m0/s1. The monoisotopic (exact) mass is 389 g/mol. The number of benzene rings is 1. The van der Waals surface area contributed by atoms with Crippen LogP contribution in [0.15, 0.2) is 12.1 Å². The molecule has 3 fully saturated rings. The van der Waals surface area contributed by atoms with Crippen LogP contribution in [-0.2, 0) is 9.47 Å². The van der Waals surface area contributed by atoms with E-state index in [9.17, 15) is 4.79 Å². The number of nitrogens with one attached hydrogen (secondary N) is 1. The molecule has 2 amide bonds. The summed E-state index contributed by atoms with van der Waals surface area (Å²) in [6.07, 6.45) is 3.15. The van der Waals surface area contributed by atoms with Gasteiger partial charge in [0.1, 0.15) is 11.3 Å². The molecule has 8 heteroatoms. The number of carbonyl (C=O) groups excluding carboxylic acids is 1. The van der Waals surface area contributed by atoms with Crippen LogP contribution in [0.5, 0.6) is 5.75 Å². The number of urea groups is 1. The van der Waals surface area contributed by atoms with Crippen molar-refractivity contribution in [2.75, 3.05) is 38.8 Å². The first-order chi connectivity index (χ1) is 13.2. The number of aromatic nitrogens is 1. The first kappa shape index (κ1) is 17.2. The summed E-state index contributed by atoms with van der Waals surface area (Å²) in [5, 5.41) is 3.62. The van der Waals surface area contributed by atoms with E-state index < -0.39 is 0 Å². The van der Waals surface area contributed by atoms with Crippen LogP contribution in [0, 0.1) is 0 Å². The summed E-state index contributed by atoms with van der Waals surface area (Å²) in [4.78, 5) is 19.3. The number of morpholine rings is 1. The quantitative estimate of drug-likeness (QED) is 0.873. The second-order valence-electron chi connectivity index (χ2n) is 7.37. The summed E-state index contributed by atoms with van der Waals surface area (Å²) < 4.78 is 17.7. The number of fused-ring (bicyclic) bond motifs is 3. The highest BCUT2D eigenvalue weighted by Gasteiger charge is 2.41. The Morgan fingerprint density at radius 3 is 2.93 bits per heavy atom. The smallest absolute Gasteiger partial charge is 0.324 e. The molecule has 2 aromatic rings. The number of carbonyl (C=O) groups is 1. The fraction of sp³-hybridized carbons (Fsp3) is 0.579. The summed E-state index contributed by atoms with van der Waals surface area (Å²) in [5.74, 6) is 1.20. The Morgan fingerprint density at radius 1 is 1.37 bits per heavy atom. The third kappa shape index (κ3) is 3.05. The van der Waals surface area contributed by atoms with Crippen LogP contribution in [0.1, 0.15) is 30.7 Å². The van der Waals surface area contributed by atoms with E-state index >= 15 is 0 Å². The molecule has 3 aliphatic heterocycles. The van der Waals surface area contributed by atoms with E-state index in [1.54, 1.807) is 7.11 Å². The lowest BCUT2D eigenvalue weighted by Gasteiger charge is -2.26. The molecule has 2 bridgehead atoms. The molecular weight excluding hydrogens is 366 g/mol. The predicted octanol–water partition coefficient (Wildman–Crippen LogP) is 3.20. The van der Waals surface area contributed by atoms with Crippen LogP contribution in [0.25, 0.3) is 10.2 Å². The number of likely N-dealkylation sites (tertiary alicyclic amines) is 1. The average Bonchev–Trinajstić information content (AvgIpc) is 3.43. The van der Waals surface area contributed by atoms with Crippen LogP contribution in [0.4, 0.5) is 9.93 Å². The third-order valence-corrected chi connectivity index (χ3v) is 6.81. The summed E-state index contributed by atoms with van der Waals surface area (Å²) in [7, 11) is 1.65. The Balaban J connectivity index is 1.44. The van der Waals surface area contributed by atoms with Crippen molar-refractivity contribution in [3.8, 4) is 5.75 Å². The van der Waals surface area contributed by atoms with Crippen molar-refractivity contribution in [2.24, 2.45) is 0 Å². The maximum atomic E-state index is 12.7. The molecular formula is C19H23N3O4S. The molecule has 0 radical (unpaired) electrons. The topological polar surface area (TPSA) is 72.9 Å². The normalized spacial score (nSPS) is 25.3. The van der Waals surface area contributed by atoms with E-state index in [1.807, 2.05) is 11.0 Å². The van der Waals surface area contributed by atoms with Gasteiger partial charge in [0.05, 0.1) is 30.6 Å². The molecule has 0 saturated carbocycles. The van der Waals surface area contributed by atoms with E-state index in [-0.39, 0.29) is 18.2 Å². The second-order valence-corrected chi connectivity index (χ2v) is 8.37. The zero-order valence-electron chi connectivity index (χ0n) is 15.3. The predicted molar refractivity (Wildman–Crippen MR) is 103 cm³/mol. The number of hydrogen-bond donors (Lipinski definition) is 1. The highest BCUT2D eigenvalue weighted by molar-refractivity contribution is 7.22. The zero-order valence-corrected chi connectivity index (χ0v) is 16.1. The number of rotatable bonds is 3. The van der Waals surface area contributed by atoms with Gasteiger partial charge >= 0.3 is 6.03 Å². The van der Waals surface area contributed by atoms with Gasteiger partial charge in [-0.05, 0) is 36.8 Å². The van der Waals surface area contributed by atoms with E-state index in [1.165, 1.54) is 16.9 Å². The molecule has 0 spiro atoms. The Hall–Kier alpha value is -1.90. The molecule has 5 rings (SSSR count). The summed E-state index contributed by atoms with van der Waals surface area (Å²) in [6.45, 7) is 2.89. The van der Waals surface area contributed by atoms with Gasteiger partial charge in [0.2, 0.25) is 0 Å². The van der Waals surface area contributed by atoms with Crippen molar-refractivity contribution in [1.82, 2.24) is 9.88 Å². The fourth-order valence-corrected chi connectivity index (χ4v) is 5.43. The first-order valence-electron chi connectivity index (χ1n) is 9.47. The molecule has 2 atom stereocenters. The van der Waals surface area contributed by atoms with Crippen LogP contribution in [-0.4, -0.2) is 61.5 Å². The maximum absolute atomic E-state index is 12.7. The summed E-state index contributed by atoms with van der Waals surface area (Å²) in [6, 6.07) is 4.22. The van der Waals surface area contributed by atoms with Gasteiger partial charge < -0.3 is 19.1 Å². The third-order valence-electron chi connectivity index (χ3n) is 5.79. The van der Waals surface area contributed by atoms with Gasteiger partial charge in [-0.15, -0.1) is 0 Å². The first-order valence-corrected chi connectivity index (χ1v) is 10.3. The van der Waals surface area contributed by atoms with Crippen molar-refractivity contribution in [3.05, 3.63) is 17.7 Å². The number of hydrogen-bond acceptors (Lipinski definition) is 6. The number of nitrogens with zero attached hydrogens (tertiary/aromatic N) is 2. The molecule has 0 unspecified atom stereocenters. The van der Waals surface area contributed by atoms with Crippen LogP contribution in [0.3, 0.4) is 0 Å². The average molecular weight is 389 g/mol. The maximum Gasteiger partial charge on any atom is 0.324 e. The van der Waals surface area contributed by atoms with Gasteiger partial charge in [-0.25, -0.2) is 9.78 Å². The largest absolute Gasteiger partial charge is 0.494 e. The molecule has 4 heterocycles. The van der Waals surface area contributed by atoms with E-state index in [2.05, 4.69) is 16.4 Å². The van der Waals surface area contributed by atoms with E-state index in [4.69, 9.17) is 14.2 Å². The second kappa shape index (κ2) is 6.92. The number of methoxy groups -OCH3 is 1. The minimum Gasteiger partial charge on any atom is -0.494 e. The summed E-state index contributed by atoms with van der Waals surface area (Å²) in [5.41, 5.74) is 2.11. The van der Waals surface area contributed by atoms with Crippen LogP contribution < -0.4 is 10.1 Å². The highest BCUT2D eigenvalue weighted by atomic mass is 32.1. The van der Waals surface area contributed by atoms with Crippen molar-refractivity contribution < 1.29 is 19.0 Å². The number of amides is 2. The Morgan fingerprint density at radius 2 is 2.22 bits per heavy atom. The van der Waals surface area contributed by atoms with Crippen molar-refractivity contribution in [1.29, 1.82) is 0 Å². The van der Waals surface area contributed by atoms with Crippen molar-refractivity contribution in [3.63, 3.8) is 0 Å². The Bertz CT molecular complexity index is 864. The molecule has 3 saturated heterocycles. The molecule has 1 aromatic heterocycles. The zero-order chi connectivity index (χ0) is 18.4. The molecule has 27 heavy (non-hydrogen) atoms. The lowest BCUT2D eigenvalue weighted by Crippen LogP contribution is -2.43. The molecule has 3 aliphatic rings. The van der Waals surface area contributed by atoms with E-state index in [0.717, 1.165) is 48.4 Å². The highest BCUT2D eigenvalue weighted by Crippen LogP contribution is 2.41. The van der Waals surface area contributed by atoms with Gasteiger partial charge in [0.15, 0.2) is 5.13 Å². The van der Waals surface area contributed by atoms with Crippen LogP contribution in [0.2, 0.25) is 0 Å².